The van der Waals surface area contributed by atoms with Crippen molar-refractivity contribution in [1.82, 2.24) is 0 Å². The maximum Gasteiger partial charge on any atom is 0.150 e. The molecule has 4 heteroatoms. The summed E-state index contributed by atoms with van der Waals surface area (Å²) < 4.78 is 23.2. The van der Waals surface area contributed by atoms with Crippen LogP contribution in [0.25, 0.3) is 0 Å². The second-order valence-corrected chi connectivity index (χ2v) is 8.21. The number of hydrogen-bond donors (Lipinski definition) is 1. The van der Waals surface area contributed by atoms with E-state index in [2.05, 4.69) is 6.07 Å². The highest BCUT2D eigenvalue weighted by Gasteiger charge is 2.32. The average molecular weight is 296 g/mol. The van der Waals surface area contributed by atoms with Gasteiger partial charge < -0.3 is 5.11 Å². The van der Waals surface area contributed by atoms with Gasteiger partial charge in [0.1, 0.15) is 9.84 Å². The molecule has 3 nitrogen and oxygen atoms in total. The summed E-state index contributed by atoms with van der Waals surface area (Å²) in [7, 11) is -2.94. The van der Waals surface area contributed by atoms with E-state index in [1.54, 1.807) is 6.92 Å². The van der Waals surface area contributed by atoms with Crippen molar-refractivity contribution in [3.63, 3.8) is 0 Å². The van der Waals surface area contributed by atoms with Crippen molar-refractivity contribution >= 4 is 9.84 Å². The fourth-order valence-corrected chi connectivity index (χ4v) is 3.92. The van der Waals surface area contributed by atoms with Crippen molar-refractivity contribution in [2.24, 2.45) is 0 Å². The van der Waals surface area contributed by atoms with E-state index in [1.807, 2.05) is 18.2 Å². The molecule has 0 amide bonds. The lowest BCUT2D eigenvalue weighted by Crippen LogP contribution is -2.27. The van der Waals surface area contributed by atoms with Gasteiger partial charge in [0.05, 0.1) is 11.4 Å². The number of aryl methyl sites for hydroxylation is 1. The monoisotopic (exact) mass is 296 g/mol. The van der Waals surface area contributed by atoms with Gasteiger partial charge >= 0.3 is 0 Å². The molecule has 0 saturated carbocycles. The Morgan fingerprint density at radius 1 is 1.25 bits per heavy atom. The Morgan fingerprint density at radius 2 is 2.00 bits per heavy atom. The van der Waals surface area contributed by atoms with Crippen LogP contribution in [0.15, 0.2) is 24.3 Å². The Morgan fingerprint density at radius 3 is 2.75 bits per heavy atom. The summed E-state index contributed by atoms with van der Waals surface area (Å²) in [5, 5.41) is 11.0. The topological polar surface area (TPSA) is 54.4 Å². The third-order valence-corrected chi connectivity index (χ3v) is 6.08. The molecular formula is C16H24O3S. The van der Waals surface area contributed by atoms with Gasteiger partial charge in [0.15, 0.2) is 0 Å². The Balaban J connectivity index is 2.13. The third-order valence-electron chi connectivity index (χ3n) is 4.29. The molecule has 1 aromatic rings. The third kappa shape index (κ3) is 3.61. The van der Waals surface area contributed by atoms with Crippen molar-refractivity contribution in [3.8, 4) is 0 Å². The van der Waals surface area contributed by atoms with Crippen LogP contribution in [0, 0.1) is 0 Å². The summed E-state index contributed by atoms with van der Waals surface area (Å²) in [6, 6.07) is 8.04. The van der Waals surface area contributed by atoms with Crippen molar-refractivity contribution in [2.75, 3.05) is 11.5 Å². The predicted molar refractivity (Wildman–Crippen MR) is 81.5 cm³/mol. The van der Waals surface area contributed by atoms with E-state index in [0.29, 0.717) is 12.8 Å². The molecule has 1 aromatic carbocycles. The summed E-state index contributed by atoms with van der Waals surface area (Å²) in [4.78, 5) is 0. The van der Waals surface area contributed by atoms with Gasteiger partial charge in [-0.05, 0) is 49.7 Å². The van der Waals surface area contributed by atoms with Crippen LogP contribution >= 0.6 is 0 Å². The van der Waals surface area contributed by atoms with E-state index in [9.17, 15) is 13.5 Å². The second-order valence-electron chi connectivity index (χ2n) is 5.74. The summed E-state index contributed by atoms with van der Waals surface area (Å²) in [6.45, 7) is 1.67. The SMILES string of the molecule is CCS(=O)(=O)CCCC1(O)CCCCc2ccccc21. The van der Waals surface area contributed by atoms with Gasteiger partial charge in [-0.25, -0.2) is 8.42 Å². The van der Waals surface area contributed by atoms with E-state index >= 15 is 0 Å². The number of fused-ring (bicyclic) bond motifs is 1. The highest BCUT2D eigenvalue weighted by Crippen LogP contribution is 2.37. The van der Waals surface area contributed by atoms with Gasteiger partial charge in [-0.1, -0.05) is 31.2 Å². The van der Waals surface area contributed by atoms with Gasteiger partial charge in [-0.3, -0.25) is 0 Å². The fraction of sp³-hybridized carbons (Fsp3) is 0.625. The van der Waals surface area contributed by atoms with Gasteiger partial charge in [0.2, 0.25) is 0 Å². The van der Waals surface area contributed by atoms with Crippen LogP contribution in [-0.4, -0.2) is 25.0 Å². The lowest BCUT2D eigenvalue weighted by Gasteiger charge is -2.29. The maximum absolute atomic E-state index is 11.6. The van der Waals surface area contributed by atoms with Crippen LogP contribution in [0.2, 0.25) is 0 Å². The molecule has 20 heavy (non-hydrogen) atoms. The van der Waals surface area contributed by atoms with Crippen molar-refractivity contribution in [2.45, 2.75) is 51.0 Å². The molecule has 1 unspecified atom stereocenters. The quantitative estimate of drug-likeness (QED) is 0.850. The molecule has 1 atom stereocenters. The number of aliphatic hydroxyl groups is 1. The van der Waals surface area contributed by atoms with Crippen LogP contribution in [0.3, 0.4) is 0 Å². The van der Waals surface area contributed by atoms with E-state index < -0.39 is 15.4 Å². The van der Waals surface area contributed by atoms with Crippen LogP contribution in [0.4, 0.5) is 0 Å². The van der Waals surface area contributed by atoms with Gasteiger partial charge in [0.25, 0.3) is 0 Å². The first-order valence-electron chi connectivity index (χ1n) is 7.48. The first-order chi connectivity index (χ1) is 9.47. The molecule has 1 aliphatic rings. The highest BCUT2D eigenvalue weighted by atomic mass is 32.2. The Kier molecular flexibility index (Phi) is 4.86. The minimum Gasteiger partial charge on any atom is -0.385 e. The smallest absolute Gasteiger partial charge is 0.150 e. The van der Waals surface area contributed by atoms with E-state index in [0.717, 1.165) is 31.2 Å². The number of benzene rings is 1. The minimum atomic E-state index is -2.94. The molecule has 0 saturated heterocycles. The normalized spacial score (nSPS) is 23.1. The van der Waals surface area contributed by atoms with E-state index in [-0.39, 0.29) is 11.5 Å². The zero-order valence-electron chi connectivity index (χ0n) is 12.1. The van der Waals surface area contributed by atoms with Crippen LogP contribution in [-0.2, 0) is 21.9 Å². The molecule has 0 bridgehead atoms. The molecule has 0 heterocycles. The fourth-order valence-electron chi connectivity index (χ4n) is 3.05. The van der Waals surface area contributed by atoms with E-state index in [1.165, 1.54) is 5.56 Å². The number of hydrogen-bond acceptors (Lipinski definition) is 3. The van der Waals surface area contributed by atoms with Crippen molar-refractivity contribution in [1.29, 1.82) is 0 Å². The molecular weight excluding hydrogens is 272 g/mol. The highest BCUT2D eigenvalue weighted by molar-refractivity contribution is 7.91. The Labute approximate surface area is 121 Å². The molecule has 112 valence electrons. The lowest BCUT2D eigenvalue weighted by molar-refractivity contribution is 0.0175. The average Bonchev–Trinajstić information content (AvgIpc) is 2.59. The largest absolute Gasteiger partial charge is 0.385 e. The Hall–Kier alpha value is -0.870. The molecule has 0 aromatic heterocycles. The molecule has 0 fully saturated rings. The second kappa shape index (κ2) is 6.27. The van der Waals surface area contributed by atoms with E-state index in [4.69, 9.17) is 0 Å². The summed E-state index contributed by atoms with van der Waals surface area (Å²) in [6.07, 6.45) is 4.88. The number of rotatable bonds is 5. The summed E-state index contributed by atoms with van der Waals surface area (Å²) >= 11 is 0. The zero-order valence-corrected chi connectivity index (χ0v) is 13.0. The molecule has 0 radical (unpaired) electrons. The lowest BCUT2D eigenvalue weighted by atomic mass is 9.84. The van der Waals surface area contributed by atoms with Crippen molar-refractivity contribution in [3.05, 3.63) is 35.4 Å². The predicted octanol–water partition coefficient (Wildman–Crippen LogP) is 2.82. The Bertz CT molecular complexity index is 551. The standard InChI is InChI=1S/C16H24O3S/c1-2-20(18,19)13-7-12-16(17)11-6-5-9-14-8-3-4-10-15(14)16/h3-4,8,10,17H,2,5-7,9,11-13H2,1H3. The molecule has 1 N–H and O–H groups in total. The minimum absolute atomic E-state index is 0.175. The van der Waals surface area contributed by atoms with Crippen LogP contribution in [0.5, 0.6) is 0 Å². The molecule has 2 rings (SSSR count). The summed E-state index contributed by atoms with van der Waals surface area (Å²) in [5.41, 5.74) is 1.37. The first kappa shape index (κ1) is 15.5. The zero-order chi connectivity index (χ0) is 14.6. The van der Waals surface area contributed by atoms with Gasteiger partial charge in [-0.2, -0.15) is 0 Å². The maximum atomic E-state index is 11.6. The van der Waals surface area contributed by atoms with Crippen LogP contribution < -0.4 is 0 Å². The van der Waals surface area contributed by atoms with Gasteiger partial charge in [0, 0.05) is 5.75 Å². The molecule has 0 aliphatic heterocycles. The number of sulfone groups is 1. The van der Waals surface area contributed by atoms with Gasteiger partial charge in [-0.15, -0.1) is 0 Å². The molecule has 1 aliphatic carbocycles. The summed E-state index contributed by atoms with van der Waals surface area (Å²) in [5.74, 6) is 0.357. The van der Waals surface area contributed by atoms with Crippen LogP contribution in [0.1, 0.15) is 50.2 Å². The molecule has 0 spiro atoms. The van der Waals surface area contributed by atoms with Crippen molar-refractivity contribution < 1.29 is 13.5 Å². The first-order valence-corrected chi connectivity index (χ1v) is 9.30.